The molecule has 0 radical (unpaired) electrons. The number of benzene rings is 9. The standard InChI is InChI=1S/C54H34N2Si/c1-2-17-37-36(16-1)40-20-5-11-28-50(40)57(51-29-12-6-21-41(51)42-22-7-13-30-52(42)57)53-31-14-10-27-49(53)56-48-33-32-35(34-45(48)44-24-15-23-43(37)54(44)56)55-46-25-8-3-18-38(46)39-19-4-9-26-47(39)55/h1-34H. The van der Waals surface area contributed by atoms with E-state index in [-0.39, 0.29) is 0 Å². The van der Waals surface area contributed by atoms with E-state index in [9.17, 15) is 0 Å². The Balaban J connectivity index is 1.23. The molecule has 9 aromatic carbocycles. The summed E-state index contributed by atoms with van der Waals surface area (Å²) in [6.07, 6.45) is 0. The summed E-state index contributed by atoms with van der Waals surface area (Å²) in [5.74, 6) is 0. The Bertz CT molecular complexity index is 3390. The van der Waals surface area contributed by atoms with E-state index < -0.39 is 8.07 Å². The molecule has 13 rings (SSSR count). The summed E-state index contributed by atoms with van der Waals surface area (Å²) in [5.41, 5.74) is 15.1. The Morgan fingerprint density at radius 1 is 0.281 bits per heavy atom. The number of hydrogen-bond donors (Lipinski definition) is 0. The Kier molecular flexibility index (Phi) is 6.22. The number of para-hydroxylation sites is 4. The second-order valence-electron chi connectivity index (χ2n) is 15.6. The zero-order valence-corrected chi connectivity index (χ0v) is 32.0. The van der Waals surface area contributed by atoms with Crippen molar-refractivity contribution in [3.8, 4) is 44.8 Å². The molecule has 11 aromatic rings. The van der Waals surface area contributed by atoms with Crippen molar-refractivity contribution >= 4 is 72.4 Å². The highest BCUT2D eigenvalue weighted by Crippen LogP contribution is 2.44. The Hall–Kier alpha value is -7.20. The van der Waals surface area contributed by atoms with Gasteiger partial charge in [0.1, 0.15) is 0 Å². The molecule has 2 aliphatic rings. The number of rotatable bonds is 1. The van der Waals surface area contributed by atoms with Crippen LogP contribution in [0.3, 0.4) is 0 Å². The van der Waals surface area contributed by atoms with Crippen LogP contribution in [0.25, 0.3) is 88.4 Å². The molecule has 0 N–H and O–H groups in total. The maximum atomic E-state index is 2.62. The van der Waals surface area contributed by atoms with Gasteiger partial charge in [0.15, 0.2) is 8.07 Å². The summed E-state index contributed by atoms with van der Waals surface area (Å²) < 4.78 is 5.06. The van der Waals surface area contributed by atoms with Crippen molar-refractivity contribution in [1.29, 1.82) is 0 Å². The van der Waals surface area contributed by atoms with Crippen LogP contribution >= 0.6 is 0 Å². The lowest BCUT2D eigenvalue weighted by Gasteiger charge is -2.36. The predicted octanol–water partition coefficient (Wildman–Crippen LogP) is 10.9. The molecule has 57 heavy (non-hydrogen) atoms. The molecule has 0 atom stereocenters. The Labute approximate surface area is 331 Å². The molecule has 0 aliphatic carbocycles. The van der Waals surface area contributed by atoms with Crippen molar-refractivity contribution in [2.75, 3.05) is 0 Å². The van der Waals surface area contributed by atoms with Gasteiger partial charge in [0.25, 0.3) is 0 Å². The summed E-state index contributed by atoms with van der Waals surface area (Å²) in [4.78, 5) is 0. The number of hydrogen-bond acceptors (Lipinski definition) is 0. The quantitative estimate of drug-likeness (QED) is 0.148. The summed E-state index contributed by atoms with van der Waals surface area (Å²) >= 11 is 0. The average Bonchev–Trinajstić information content (AvgIpc) is 3.90. The van der Waals surface area contributed by atoms with Crippen molar-refractivity contribution in [2.24, 2.45) is 0 Å². The van der Waals surface area contributed by atoms with Crippen LogP contribution in [0.4, 0.5) is 0 Å². The summed E-state index contributed by atoms with van der Waals surface area (Å²) in [5, 5.41) is 10.8. The first-order valence-corrected chi connectivity index (χ1v) is 21.9. The molecular formula is C54H34N2Si. The number of fused-ring (bicyclic) bond motifs is 19. The molecule has 2 aromatic heterocycles. The highest BCUT2D eigenvalue weighted by atomic mass is 28.3. The van der Waals surface area contributed by atoms with Gasteiger partial charge in [-0.3, -0.25) is 0 Å². The fourth-order valence-corrected chi connectivity index (χ4v) is 16.4. The van der Waals surface area contributed by atoms with Gasteiger partial charge >= 0.3 is 0 Å². The summed E-state index contributed by atoms with van der Waals surface area (Å²) in [6, 6.07) is 78.0. The molecule has 0 bridgehead atoms. The van der Waals surface area contributed by atoms with E-state index in [1.165, 1.54) is 109 Å². The smallest absolute Gasteiger partial charge is 0.183 e. The van der Waals surface area contributed by atoms with Crippen LogP contribution in [0.15, 0.2) is 206 Å². The van der Waals surface area contributed by atoms with Gasteiger partial charge in [-0.1, -0.05) is 170 Å². The molecular weight excluding hydrogens is 705 g/mol. The number of aromatic nitrogens is 2. The van der Waals surface area contributed by atoms with E-state index in [4.69, 9.17) is 0 Å². The molecule has 4 heterocycles. The average molecular weight is 739 g/mol. The second kappa shape index (κ2) is 11.4. The molecule has 2 nitrogen and oxygen atoms in total. The van der Waals surface area contributed by atoms with Crippen LogP contribution in [0, 0.1) is 0 Å². The minimum Gasteiger partial charge on any atom is -0.309 e. The van der Waals surface area contributed by atoms with Crippen molar-refractivity contribution in [1.82, 2.24) is 9.13 Å². The molecule has 3 heteroatoms. The van der Waals surface area contributed by atoms with Gasteiger partial charge < -0.3 is 9.13 Å². The van der Waals surface area contributed by atoms with Crippen LogP contribution in [0.5, 0.6) is 0 Å². The molecule has 0 saturated carbocycles. The third-order valence-corrected chi connectivity index (χ3v) is 17.9. The van der Waals surface area contributed by atoms with Gasteiger partial charge in [0, 0.05) is 38.5 Å². The lowest BCUT2D eigenvalue weighted by atomic mass is 9.93. The normalized spacial score (nSPS) is 13.4. The zero-order valence-electron chi connectivity index (χ0n) is 31.0. The van der Waals surface area contributed by atoms with Gasteiger partial charge in [-0.05, 0) is 85.0 Å². The minimum atomic E-state index is -2.95. The van der Waals surface area contributed by atoms with Crippen molar-refractivity contribution in [3.63, 3.8) is 0 Å². The first-order chi connectivity index (χ1) is 28.3. The van der Waals surface area contributed by atoms with E-state index in [1.54, 1.807) is 0 Å². The molecule has 2 aliphatic heterocycles. The van der Waals surface area contributed by atoms with E-state index in [1.807, 2.05) is 0 Å². The van der Waals surface area contributed by atoms with Crippen LogP contribution in [-0.2, 0) is 0 Å². The van der Waals surface area contributed by atoms with Crippen molar-refractivity contribution < 1.29 is 0 Å². The van der Waals surface area contributed by atoms with Crippen molar-refractivity contribution in [3.05, 3.63) is 206 Å². The lowest BCUT2D eigenvalue weighted by Crippen LogP contribution is -2.73. The Morgan fingerprint density at radius 3 is 1.35 bits per heavy atom. The first-order valence-electron chi connectivity index (χ1n) is 19.9. The molecule has 0 unspecified atom stereocenters. The van der Waals surface area contributed by atoms with Crippen LogP contribution in [0.1, 0.15) is 0 Å². The van der Waals surface area contributed by atoms with E-state index in [0.717, 1.165) is 0 Å². The fraction of sp³-hybridized carbons (Fsp3) is 0. The van der Waals surface area contributed by atoms with Crippen molar-refractivity contribution in [2.45, 2.75) is 0 Å². The summed E-state index contributed by atoms with van der Waals surface area (Å²) in [6.45, 7) is 0. The first kappa shape index (κ1) is 31.0. The van der Waals surface area contributed by atoms with Gasteiger partial charge in [-0.25, -0.2) is 0 Å². The Morgan fingerprint density at radius 2 is 0.719 bits per heavy atom. The monoisotopic (exact) mass is 738 g/mol. The highest BCUT2D eigenvalue weighted by molar-refractivity contribution is 7.23. The van der Waals surface area contributed by atoms with E-state index in [2.05, 4.69) is 215 Å². The maximum absolute atomic E-state index is 2.95. The fourth-order valence-electron chi connectivity index (χ4n) is 10.8. The van der Waals surface area contributed by atoms with Crippen LogP contribution < -0.4 is 20.7 Å². The molecule has 1 spiro atoms. The molecule has 0 saturated heterocycles. The van der Waals surface area contributed by atoms with Gasteiger partial charge in [-0.2, -0.15) is 0 Å². The minimum absolute atomic E-state index is 1.17. The predicted molar refractivity (Wildman–Crippen MR) is 242 cm³/mol. The van der Waals surface area contributed by atoms with Crippen LogP contribution in [-0.4, -0.2) is 17.2 Å². The van der Waals surface area contributed by atoms with Gasteiger partial charge in [0.2, 0.25) is 0 Å². The van der Waals surface area contributed by atoms with E-state index >= 15 is 0 Å². The topological polar surface area (TPSA) is 9.86 Å². The lowest BCUT2D eigenvalue weighted by molar-refractivity contribution is 1.17. The zero-order chi connectivity index (χ0) is 37.2. The number of nitrogens with zero attached hydrogens (tertiary/aromatic N) is 2. The molecule has 0 fully saturated rings. The third kappa shape index (κ3) is 3.93. The third-order valence-electron chi connectivity index (χ3n) is 12.9. The maximum Gasteiger partial charge on any atom is 0.183 e. The highest BCUT2D eigenvalue weighted by Gasteiger charge is 2.51. The largest absolute Gasteiger partial charge is 0.309 e. The summed E-state index contributed by atoms with van der Waals surface area (Å²) in [7, 11) is -2.95. The second-order valence-corrected chi connectivity index (χ2v) is 19.2. The SMILES string of the molecule is c1ccc2c(c1)-c1ccccc1[Si]1(c3ccccc3-c3ccccc31)c1ccccc1-n1c3ccc(-n4c5ccccc5c5ccccc54)cc3c3cccc-2c31. The molecule has 0 amide bonds. The molecule has 264 valence electrons. The van der Waals surface area contributed by atoms with Gasteiger partial charge in [-0.15, -0.1) is 0 Å². The van der Waals surface area contributed by atoms with Gasteiger partial charge in [0.05, 0.1) is 22.1 Å². The van der Waals surface area contributed by atoms with Crippen LogP contribution in [0.2, 0.25) is 0 Å². The van der Waals surface area contributed by atoms with E-state index in [0.29, 0.717) is 0 Å².